The van der Waals surface area contributed by atoms with Crippen molar-refractivity contribution in [3.63, 3.8) is 0 Å². The predicted molar refractivity (Wildman–Crippen MR) is 131 cm³/mol. The molecule has 0 saturated heterocycles. The molecule has 31 heavy (non-hydrogen) atoms. The lowest BCUT2D eigenvalue weighted by Gasteiger charge is -2.19. The fraction of sp³-hybridized carbons (Fsp3) is 0.846. The zero-order valence-corrected chi connectivity index (χ0v) is 20.7. The third-order valence-corrected chi connectivity index (χ3v) is 5.80. The van der Waals surface area contributed by atoms with Crippen molar-refractivity contribution < 1.29 is 14.7 Å². The van der Waals surface area contributed by atoms with Gasteiger partial charge in [0.1, 0.15) is 6.04 Å². The van der Waals surface area contributed by atoms with Gasteiger partial charge in [-0.2, -0.15) is 0 Å². The van der Waals surface area contributed by atoms with Gasteiger partial charge in [0.15, 0.2) is 0 Å². The van der Waals surface area contributed by atoms with Crippen molar-refractivity contribution >= 4 is 11.9 Å². The summed E-state index contributed by atoms with van der Waals surface area (Å²) in [6.07, 6.45) is 24.0. The van der Waals surface area contributed by atoms with Gasteiger partial charge in [-0.05, 0) is 65.5 Å². The van der Waals surface area contributed by atoms with E-state index in [1.54, 1.807) is 19.0 Å². The third-order valence-electron chi connectivity index (χ3n) is 5.80. The van der Waals surface area contributed by atoms with Crippen molar-refractivity contribution in [1.29, 1.82) is 0 Å². The van der Waals surface area contributed by atoms with Crippen LogP contribution in [0.2, 0.25) is 0 Å². The number of rotatable bonds is 22. The number of amides is 1. The number of carbonyl (C=O) groups excluding carboxylic acids is 1. The molecular formula is C26H50N2O3. The molecule has 0 heterocycles. The van der Waals surface area contributed by atoms with Crippen LogP contribution in [0.4, 0.5) is 0 Å². The minimum Gasteiger partial charge on any atom is -0.480 e. The number of unbranched alkanes of at least 4 members (excludes halogenated alkanes) is 12. The first-order chi connectivity index (χ1) is 15.0. The highest BCUT2D eigenvalue weighted by molar-refractivity contribution is 5.75. The third kappa shape index (κ3) is 20.3. The molecule has 0 aromatic carbocycles. The molecule has 5 nitrogen and oxygen atoms in total. The van der Waals surface area contributed by atoms with Gasteiger partial charge < -0.3 is 10.4 Å². The summed E-state index contributed by atoms with van der Waals surface area (Å²) in [4.78, 5) is 24.7. The van der Waals surface area contributed by atoms with Crippen molar-refractivity contribution in [3.05, 3.63) is 12.2 Å². The van der Waals surface area contributed by atoms with E-state index in [0.29, 0.717) is 19.4 Å². The highest BCUT2D eigenvalue weighted by atomic mass is 16.4. The lowest BCUT2D eigenvalue weighted by Crippen LogP contribution is -2.35. The van der Waals surface area contributed by atoms with Gasteiger partial charge in [0.05, 0.1) is 0 Å². The Morgan fingerprint density at radius 1 is 0.806 bits per heavy atom. The highest BCUT2D eigenvalue weighted by Gasteiger charge is 2.18. The Bertz CT molecular complexity index is 464. The molecule has 2 N–H and O–H groups in total. The summed E-state index contributed by atoms with van der Waals surface area (Å²) >= 11 is 0. The molecule has 0 fully saturated rings. The van der Waals surface area contributed by atoms with Crippen LogP contribution in [-0.4, -0.2) is 48.6 Å². The van der Waals surface area contributed by atoms with Crippen LogP contribution in [-0.2, 0) is 9.59 Å². The molecule has 0 radical (unpaired) electrons. The zero-order chi connectivity index (χ0) is 23.2. The molecule has 0 unspecified atom stereocenters. The number of carboxylic acid groups (broad SMARTS) is 1. The fourth-order valence-corrected chi connectivity index (χ4v) is 3.74. The van der Waals surface area contributed by atoms with Crippen LogP contribution in [0.25, 0.3) is 0 Å². The second-order valence-corrected chi connectivity index (χ2v) is 9.00. The Labute approximate surface area is 192 Å². The van der Waals surface area contributed by atoms with E-state index in [0.717, 1.165) is 32.1 Å². The van der Waals surface area contributed by atoms with Gasteiger partial charge in [-0.1, -0.05) is 70.4 Å². The van der Waals surface area contributed by atoms with Crippen LogP contribution < -0.4 is 5.32 Å². The van der Waals surface area contributed by atoms with Gasteiger partial charge >= 0.3 is 5.97 Å². The smallest absolute Gasteiger partial charge is 0.320 e. The summed E-state index contributed by atoms with van der Waals surface area (Å²) in [6, 6.07) is -0.441. The number of nitrogens with one attached hydrogen (secondary N) is 1. The van der Waals surface area contributed by atoms with Gasteiger partial charge in [-0.3, -0.25) is 14.5 Å². The quantitative estimate of drug-likeness (QED) is 0.153. The highest BCUT2D eigenvalue weighted by Crippen LogP contribution is 2.11. The molecule has 0 aliphatic heterocycles. The van der Waals surface area contributed by atoms with E-state index in [9.17, 15) is 9.59 Å². The standard InChI is InChI=1S/C26H50N2O3/c1-4-5-6-7-8-9-10-11-12-13-14-15-16-17-18-22-25(29)27-23-20-19-21-24(26(30)31)28(2)3/h14-15,24H,4-13,16-23H2,1-3H3,(H,27,29)(H,30,31)/b15-14+/t24-/m0/s1. The first-order valence-corrected chi connectivity index (χ1v) is 12.8. The summed E-state index contributed by atoms with van der Waals surface area (Å²) in [5.74, 6) is -0.669. The Morgan fingerprint density at radius 3 is 1.90 bits per heavy atom. The molecule has 0 aromatic heterocycles. The average Bonchev–Trinajstić information content (AvgIpc) is 2.72. The molecule has 0 spiro atoms. The second-order valence-electron chi connectivity index (χ2n) is 9.00. The predicted octanol–water partition coefficient (Wildman–Crippen LogP) is 6.33. The first kappa shape index (κ1) is 29.6. The Balaban J connectivity index is 3.41. The fourth-order valence-electron chi connectivity index (χ4n) is 3.74. The minimum absolute atomic E-state index is 0.112. The van der Waals surface area contributed by atoms with Crippen molar-refractivity contribution in [2.24, 2.45) is 0 Å². The lowest BCUT2D eigenvalue weighted by atomic mass is 10.1. The monoisotopic (exact) mass is 438 g/mol. The number of allylic oxidation sites excluding steroid dienone is 2. The summed E-state index contributed by atoms with van der Waals surface area (Å²) in [5, 5.41) is 12.1. The molecule has 1 atom stereocenters. The Kier molecular flexibility index (Phi) is 20.9. The second kappa shape index (κ2) is 21.9. The van der Waals surface area contributed by atoms with Crippen LogP contribution in [0.3, 0.4) is 0 Å². The van der Waals surface area contributed by atoms with Crippen LogP contribution >= 0.6 is 0 Å². The number of aliphatic carboxylic acids is 1. The Morgan fingerprint density at radius 2 is 1.35 bits per heavy atom. The Hall–Kier alpha value is -1.36. The molecule has 0 aliphatic rings. The molecule has 0 aliphatic carbocycles. The van der Waals surface area contributed by atoms with Crippen molar-refractivity contribution in [1.82, 2.24) is 10.2 Å². The molecule has 0 aromatic rings. The largest absolute Gasteiger partial charge is 0.480 e. The van der Waals surface area contributed by atoms with Crippen LogP contribution in [0.5, 0.6) is 0 Å². The number of nitrogens with zero attached hydrogens (tertiary/aromatic N) is 1. The van der Waals surface area contributed by atoms with E-state index in [-0.39, 0.29) is 5.91 Å². The lowest BCUT2D eigenvalue weighted by molar-refractivity contribution is -0.142. The molecule has 0 rings (SSSR count). The van der Waals surface area contributed by atoms with Crippen molar-refractivity contribution in [2.75, 3.05) is 20.6 Å². The number of hydrogen-bond acceptors (Lipinski definition) is 3. The van der Waals surface area contributed by atoms with E-state index in [1.165, 1.54) is 64.2 Å². The molecular weight excluding hydrogens is 388 g/mol. The molecule has 0 saturated carbocycles. The number of hydrogen-bond donors (Lipinski definition) is 2. The van der Waals surface area contributed by atoms with E-state index in [2.05, 4.69) is 24.4 Å². The van der Waals surface area contributed by atoms with Gasteiger partial charge in [-0.25, -0.2) is 0 Å². The average molecular weight is 439 g/mol. The first-order valence-electron chi connectivity index (χ1n) is 12.8. The van der Waals surface area contributed by atoms with Crippen molar-refractivity contribution in [2.45, 2.75) is 122 Å². The van der Waals surface area contributed by atoms with E-state index in [1.807, 2.05) is 0 Å². The molecule has 0 bridgehead atoms. The minimum atomic E-state index is -0.781. The molecule has 5 heteroatoms. The maximum absolute atomic E-state index is 11.9. The number of carbonyl (C=O) groups is 2. The van der Waals surface area contributed by atoms with Gasteiger partial charge in [0.25, 0.3) is 0 Å². The maximum Gasteiger partial charge on any atom is 0.320 e. The van der Waals surface area contributed by atoms with Gasteiger partial charge in [0, 0.05) is 13.0 Å². The van der Waals surface area contributed by atoms with Crippen LogP contribution in [0.15, 0.2) is 12.2 Å². The number of likely N-dealkylation sites (N-methyl/N-ethyl adjacent to an activating group) is 1. The summed E-state index contributed by atoms with van der Waals surface area (Å²) in [6.45, 7) is 2.90. The summed E-state index contributed by atoms with van der Waals surface area (Å²) in [5.41, 5.74) is 0. The van der Waals surface area contributed by atoms with E-state index >= 15 is 0 Å². The van der Waals surface area contributed by atoms with Gasteiger partial charge in [-0.15, -0.1) is 0 Å². The van der Waals surface area contributed by atoms with Gasteiger partial charge in [0.2, 0.25) is 5.91 Å². The molecule has 1 amide bonds. The van der Waals surface area contributed by atoms with Crippen LogP contribution in [0.1, 0.15) is 116 Å². The topological polar surface area (TPSA) is 69.6 Å². The normalized spacial score (nSPS) is 12.5. The molecule has 182 valence electrons. The van der Waals surface area contributed by atoms with E-state index < -0.39 is 12.0 Å². The summed E-state index contributed by atoms with van der Waals surface area (Å²) < 4.78 is 0. The zero-order valence-electron chi connectivity index (χ0n) is 20.7. The van der Waals surface area contributed by atoms with Crippen LogP contribution in [0, 0.1) is 0 Å². The van der Waals surface area contributed by atoms with Crippen molar-refractivity contribution in [3.8, 4) is 0 Å². The number of carboxylic acids is 1. The summed E-state index contributed by atoms with van der Waals surface area (Å²) in [7, 11) is 3.57. The maximum atomic E-state index is 11.9. The van der Waals surface area contributed by atoms with E-state index in [4.69, 9.17) is 5.11 Å². The SMILES string of the molecule is CCCCCCCCCCC/C=C/CCCCC(=O)NCCCC[C@@H](C(=O)O)N(C)C.